The Balaban J connectivity index is 1.57. The average molecular weight is 442 g/mol. The molecule has 1 aromatic heterocycles. The van der Waals surface area contributed by atoms with Gasteiger partial charge in [0.05, 0.1) is 10.8 Å². The maximum absolute atomic E-state index is 13.1. The monoisotopic (exact) mass is 440 g/mol. The van der Waals surface area contributed by atoms with Gasteiger partial charge >= 0.3 is 0 Å². The number of carbonyl (C=O) groups excluding carboxylic acids is 1. The number of halogens is 3. The molecule has 2 aromatic carbocycles. The Morgan fingerprint density at radius 3 is 2.76 bits per heavy atom. The first-order valence-electron chi connectivity index (χ1n) is 7.07. The van der Waals surface area contributed by atoms with Gasteiger partial charge < -0.3 is 5.32 Å². The molecule has 0 aliphatic heterocycles. The predicted octanol–water partition coefficient (Wildman–Crippen LogP) is 4.76. The maximum Gasteiger partial charge on any atom is 0.234 e. The lowest BCUT2D eigenvalue weighted by Crippen LogP contribution is -2.14. The van der Waals surface area contributed by atoms with Crippen molar-refractivity contribution in [3.8, 4) is 11.4 Å². The van der Waals surface area contributed by atoms with Crippen LogP contribution in [0.4, 0.5) is 10.1 Å². The van der Waals surface area contributed by atoms with Gasteiger partial charge in [0.15, 0.2) is 5.82 Å². The zero-order chi connectivity index (χ0) is 17.8. The molecule has 1 heterocycles. The van der Waals surface area contributed by atoms with Crippen molar-refractivity contribution in [1.82, 2.24) is 15.2 Å². The summed E-state index contributed by atoms with van der Waals surface area (Å²) in [5.74, 6) is -0.0503. The minimum Gasteiger partial charge on any atom is -0.325 e. The van der Waals surface area contributed by atoms with Crippen LogP contribution in [-0.4, -0.2) is 26.8 Å². The molecular formula is C16H11BrClFN4OS. The number of hydrogen-bond donors (Lipinski definition) is 2. The van der Waals surface area contributed by atoms with Crippen LogP contribution in [0.5, 0.6) is 0 Å². The third-order valence-corrected chi connectivity index (χ3v) is 4.78. The molecule has 0 bridgehead atoms. The van der Waals surface area contributed by atoms with Gasteiger partial charge in [-0.15, -0.1) is 5.10 Å². The molecule has 25 heavy (non-hydrogen) atoms. The van der Waals surface area contributed by atoms with Crippen molar-refractivity contribution in [3.05, 3.63) is 57.8 Å². The molecule has 1 amide bonds. The van der Waals surface area contributed by atoms with Gasteiger partial charge in [-0.25, -0.2) is 9.37 Å². The molecule has 0 saturated carbocycles. The molecule has 0 aliphatic carbocycles. The van der Waals surface area contributed by atoms with E-state index >= 15 is 0 Å². The number of rotatable bonds is 5. The first-order chi connectivity index (χ1) is 12.0. The van der Waals surface area contributed by atoms with E-state index in [1.165, 1.54) is 30.0 Å². The minimum absolute atomic E-state index is 0.0430. The van der Waals surface area contributed by atoms with E-state index in [9.17, 15) is 9.18 Å². The molecular weight excluding hydrogens is 431 g/mol. The summed E-state index contributed by atoms with van der Waals surface area (Å²) in [6, 6.07) is 11.6. The lowest BCUT2D eigenvalue weighted by Gasteiger charge is -2.04. The molecule has 3 aromatic rings. The normalized spacial score (nSPS) is 10.7. The van der Waals surface area contributed by atoms with Crippen molar-refractivity contribution in [2.24, 2.45) is 0 Å². The summed E-state index contributed by atoms with van der Waals surface area (Å²) in [6.07, 6.45) is 0. The van der Waals surface area contributed by atoms with Gasteiger partial charge in [-0.2, -0.15) is 0 Å². The highest BCUT2D eigenvalue weighted by Crippen LogP contribution is 2.22. The summed E-state index contributed by atoms with van der Waals surface area (Å²) in [5.41, 5.74) is 1.33. The third-order valence-electron chi connectivity index (χ3n) is 3.12. The summed E-state index contributed by atoms with van der Waals surface area (Å²) < 4.78 is 14.1. The number of aromatic nitrogens is 3. The van der Waals surface area contributed by atoms with Crippen LogP contribution in [0.25, 0.3) is 11.4 Å². The fourth-order valence-electron chi connectivity index (χ4n) is 1.95. The van der Waals surface area contributed by atoms with E-state index in [0.29, 0.717) is 16.7 Å². The van der Waals surface area contributed by atoms with Crippen LogP contribution in [0.2, 0.25) is 5.02 Å². The van der Waals surface area contributed by atoms with Gasteiger partial charge in [0, 0.05) is 15.7 Å². The standard InChI is InChI=1S/C16H11BrClFN4OS/c17-10-3-1-9(2-4-10)15-21-16(23-22-15)25-8-14(24)20-11-5-6-13(19)12(18)7-11/h1-7H,8H2,(H,20,24)(H,21,22,23). The number of carbonyl (C=O) groups is 1. The molecule has 0 aliphatic rings. The van der Waals surface area contributed by atoms with Crippen LogP contribution in [0.1, 0.15) is 0 Å². The van der Waals surface area contributed by atoms with E-state index in [-0.39, 0.29) is 16.7 Å². The van der Waals surface area contributed by atoms with Gasteiger partial charge in [0.25, 0.3) is 0 Å². The third kappa shape index (κ3) is 4.81. The highest BCUT2D eigenvalue weighted by Gasteiger charge is 2.10. The number of anilines is 1. The van der Waals surface area contributed by atoms with Crippen LogP contribution in [0.3, 0.4) is 0 Å². The van der Waals surface area contributed by atoms with Gasteiger partial charge in [0.2, 0.25) is 11.1 Å². The van der Waals surface area contributed by atoms with Gasteiger partial charge in [-0.1, -0.05) is 51.4 Å². The summed E-state index contributed by atoms with van der Waals surface area (Å²) in [4.78, 5) is 16.3. The van der Waals surface area contributed by atoms with Gasteiger partial charge in [-0.05, 0) is 30.3 Å². The zero-order valence-corrected chi connectivity index (χ0v) is 15.8. The second-order valence-corrected chi connectivity index (χ2v) is 7.20. The number of amides is 1. The average Bonchev–Trinajstić information content (AvgIpc) is 3.06. The molecule has 5 nitrogen and oxygen atoms in total. The first kappa shape index (κ1) is 17.9. The molecule has 0 spiro atoms. The molecule has 0 atom stereocenters. The van der Waals surface area contributed by atoms with E-state index in [4.69, 9.17) is 11.6 Å². The Kier molecular flexibility index (Phi) is 5.72. The Labute approximate surface area is 160 Å². The van der Waals surface area contributed by atoms with Gasteiger partial charge in [0.1, 0.15) is 5.82 Å². The Morgan fingerprint density at radius 1 is 1.28 bits per heavy atom. The smallest absolute Gasteiger partial charge is 0.234 e. The number of nitrogens with one attached hydrogen (secondary N) is 2. The summed E-state index contributed by atoms with van der Waals surface area (Å²) in [7, 11) is 0. The SMILES string of the molecule is O=C(CSc1n[nH]c(-c2ccc(Br)cc2)n1)Nc1ccc(F)c(Cl)c1. The minimum atomic E-state index is -0.532. The van der Waals surface area contributed by atoms with Crippen LogP contribution in [0, 0.1) is 5.82 Å². The topological polar surface area (TPSA) is 70.7 Å². The van der Waals surface area contributed by atoms with E-state index in [2.05, 4.69) is 36.4 Å². The lowest BCUT2D eigenvalue weighted by atomic mass is 10.2. The molecule has 0 radical (unpaired) electrons. The molecule has 2 N–H and O–H groups in total. The van der Waals surface area contributed by atoms with Crippen molar-refractivity contribution in [2.75, 3.05) is 11.1 Å². The molecule has 0 saturated heterocycles. The largest absolute Gasteiger partial charge is 0.325 e. The first-order valence-corrected chi connectivity index (χ1v) is 9.23. The predicted molar refractivity (Wildman–Crippen MR) is 100 cm³/mol. The van der Waals surface area contributed by atoms with E-state index in [1.807, 2.05) is 24.3 Å². The highest BCUT2D eigenvalue weighted by molar-refractivity contribution is 9.10. The molecule has 128 valence electrons. The number of thioether (sulfide) groups is 1. The van der Waals surface area contributed by atoms with Crippen molar-refractivity contribution >= 4 is 50.9 Å². The van der Waals surface area contributed by atoms with Crippen molar-refractivity contribution in [3.63, 3.8) is 0 Å². The second-order valence-electron chi connectivity index (χ2n) is 4.94. The fourth-order valence-corrected chi connectivity index (χ4v) is 2.99. The van der Waals surface area contributed by atoms with Crippen LogP contribution < -0.4 is 5.32 Å². The summed E-state index contributed by atoms with van der Waals surface area (Å²) in [5, 5.41) is 9.99. The molecule has 0 fully saturated rings. The molecule has 9 heteroatoms. The highest BCUT2D eigenvalue weighted by atomic mass is 79.9. The van der Waals surface area contributed by atoms with Crippen LogP contribution >= 0.6 is 39.3 Å². The number of H-pyrrole nitrogens is 1. The number of hydrogen-bond acceptors (Lipinski definition) is 4. The maximum atomic E-state index is 13.1. The fraction of sp³-hybridized carbons (Fsp3) is 0.0625. The van der Waals surface area contributed by atoms with E-state index in [0.717, 1.165) is 10.0 Å². The van der Waals surface area contributed by atoms with Crippen molar-refractivity contribution < 1.29 is 9.18 Å². The number of nitrogens with zero attached hydrogens (tertiary/aromatic N) is 2. The Morgan fingerprint density at radius 2 is 2.04 bits per heavy atom. The molecule has 0 unspecified atom stereocenters. The molecule has 3 rings (SSSR count). The summed E-state index contributed by atoms with van der Waals surface area (Å²) in [6.45, 7) is 0. The Bertz CT molecular complexity index is 903. The number of aromatic amines is 1. The van der Waals surface area contributed by atoms with E-state index in [1.54, 1.807) is 0 Å². The summed E-state index contributed by atoms with van der Waals surface area (Å²) >= 11 is 10.2. The van der Waals surface area contributed by atoms with Gasteiger partial charge in [-0.3, -0.25) is 9.89 Å². The van der Waals surface area contributed by atoms with Crippen LogP contribution in [-0.2, 0) is 4.79 Å². The second kappa shape index (κ2) is 7.99. The quantitative estimate of drug-likeness (QED) is 0.560. The zero-order valence-electron chi connectivity index (χ0n) is 12.6. The lowest BCUT2D eigenvalue weighted by molar-refractivity contribution is -0.113. The van der Waals surface area contributed by atoms with Crippen molar-refractivity contribution in [2.45, 2.75) is 5.16 Å². The van der Waals surface area contributed by atoms with Crippen molar-refractivity contribution in [1.29, 1.82) is 0 Å². The van der Waals surface area contributed by atoms with E-state index < -0.39 is 5.82 Å². The van der Waals surface area contributed by atoms with Crippen LogP contribution in [0.15, 0.2) is 52.1 Å². The Hall–Kier alpha value is -1.90. The number of benzene rings is 2.